The van der Waals surface area contributed by atoms with Gasteiger partial charge in [-0.3, -0.25) is 9.59 Å². The molecule has 0 atom stereocenters. The minimum Gasteiger partial charge on any atom is -0.499 e. The second-order valence-corrected chi connectivity index (χ2v) is 8.15. The number of aliphatic carboxylic acids is 1. The first-order valence-electron chi connectivity index (χ1n) is 14.1. The normalized spacial score (nSPS) is 11.0. The molecule has 2 N–H and O–H groups in total. The van der Waals surface area contributed by atoms with Crippen LogP contribution in [-0.4, -0.2) is 149 Å². The first-order chi connectivity index (χ1) is 20.2. The van der Waals surface area contributed by atoms with E-state index in [2.05, 4.69) is 11.9 Å². The molecule has 0 rings (SSSR count). The second-order valence-electron chi connectivity index (χ2n) is 8.15. The molecule has 41 heavy (non-hydrogen) atoms. The standard InChI is InChI=1S/C27H51NO13/c1-2-32-8-9-34-12-13-36-16-17-38-20-21-40-24-25-41-23-22-39-19-18-37-15-14-35-11-10-33-7-3-6-28-26(29)4-5-27(30)31/h2H,1,3-25H2,(H,28,29)(H,30,31). The van der Waals surface area contributed by atoms with Gasteiger partial charge in [0.25, 0.3) is 0 Å². The van der Waals surface area contributed by atoms with Crippen LogP contribution >= 0.6 is 0 Å². The first kappa shape index (κ1) is 39.1. The summed E-state index contributed by atoms with van der Waals surface area (Å²) in [6.07, 6.45) is 1.87. The molecular formula is C27H51NO13. The molecule has 14 heteroatoms. The third-order valence-corrected chi connectivity index (χ3v) is 4.79. The van der Waals surface area contributed by atoms with Crippen LogP contribution in [0.15, 0.2) is 12.8 Å². The Morgan fingerprint density at radius 3 is 1.15 bits per heavy atom. The lowest BCUT2D eigenvalue weighted by Gasteiger charge is -2.09. The lowest BCUT2D eigenvalue weighted by Crippen LogP contribution is -2.25. The van der Waals surface area contributed by atoms with Crippen LogP contribution in [0.4, 0.5) is 0 Å². The van der Waals surface area contributed by atoms with Crippen molar-refractivity contribution < 1.29 is 62.1 Å². The van der Waals surface area contributed by atoms with Gasteiger partial charge in [0.05, 0.1) is 125 Å². The van der Waals surface area contributed by atoms with Gasteiger partial charge in [0.2, 0.25) is 5.91 Å². The molecule has 0 aromatic rings. The van der Waals surface area contributed by atoms with E-state index in [4.69, 9.17) is 52.5 Å². The van der Waals surface area contributed by atoms with Crippen LogP contribution in [0.1, 0.15) is 19.3 Å². The minimum absolute atomic E-state index is 0.00867. The van der Waals surface area contributed by atoms with Crippen LogP contribution < -0.4 is 5.32 Å². The Morgan fingerprint density at radius 1 is 0.512 bits per heavy atom. The maximum atomic E-state index is 11.3. The van der Waals surface area contributed by atoms with Crippen LogP contribution in [0, 0.1) is 0 Å². The molecule has 14 nitrogen and oxygen atoms in total. The molecule has 0 bridgehead atoms. The predicted octanol–water partition coefficient (Wildman–Crippen LogP) is 0.667. The number of rotatable bonds is 35. The summed E-state index contributed by atoms with van der Waals surface area (Å²) in [5, 5.41) is 11.2. The van der Waals surface area contributed by atoms with Crippen molar-refractivity contribution >= 4 is 11.9 Å². The van der Waals surface area contributed by atoms with Gasteiger partial charge in [0.1, 0.15) is 6.61 Å². The van der Waals surface area contributed by atoms with Crippen molar-refractivity contribution in [3.8, 4) is 0 Å². The summed E-state index contributed by atoms with van der Waals surface area (Å²) in [7, 11) is 0. The van der Waals surface area contributed by atoms with Crippen molar-refractivity contribution in [3.05, 3.63) is 12.8 Å². The third kappa shape index (κ3) is 36.1. The summed E-state index contributed by atoms with van der Waals surface area (Å²) in [5.74, 6) is -1.25. The summed E-state index contributed by atoms with van der Waals surface area (Å²) in [6, 6.07) is 0. The molecule has 1 amide bonds. The topological polar surface area (TPSA) is 159 Å². The van der Waals surface area contributed by atoms with Gasteiger partial charge in [-0.05, 0) is 6.42 Å². The van der Waals surface area contributed by atoms with Gasteiger partial charge in [-0.1, -0.05) is 6.58 Å². The predicted molar refractivity (Wildman–Crippen MR) is 148 cm³/mol. The monoisotopic (exact) mass is 597 g/mol. The molecule has 0 heterocycles. The summed E-state index contributed by atoms with van der Waals surface area (Å²) in [5.41, 5.74) is 0. The number of carboxylic acids is 1. The number of carbonyl (C=O) groups is 2. The lowest BCUT2D eigenvalue weighted by molar-refractivity contribution is -0.138. The molecular weight excluding hydrogens is 546 g/mol. The van der Waals surface area contributed by atoms with Crippen molar-refractivity contribution in [2.75, 3.05) is 132 Å². The van der Waals surface area contributed by atoms with Crippen molar-refractivity contribution in [1.82, 2.24) is 5.32 Å². The van der Waals surface area contributed by atoms with E-state index in [0.29, 0.717) is 138 Å². The van der Waals surface area contributed by atoms with Crippen molar-refractivity contribution in [2.24, 2.45) is 0 Å². The van der Waals surface area contributed by atoms with E-state index in [9.17, 15) is 9.59 Å². The smallest absolute Gasteiger partial charge is 0.303 e. The van der Waals surface area contributed by atoms with Crippen molar-refractivity contribution in [3.63, 3.8) is 0 Å². The van der Waals surface area contributed by atoms with Crippen LogP contribution in [0.3, 0.4) is 0 Å². The highest BCUT2D eigenvalue weighted by atomic mass is 16.6. The lowest BCUT2D eigenvalue weighted by atomic mass is 10.3. The largest absolute Gasteiger partial charge is 0.499 e. The van der Waals surface area contributed by atoms with E-state index >= 15 is 0 Å². The van der Waals surface area contributed by atoms with E-state index < -0.39 is 5.97 Å². The van der Waals surface area contributed by atoms with E-state index in [1.807, 2.05) is 0 Å². The Balaban J connectivity index is 3.08. The summed E-state index contributed by atoms with van der Waals surface area (Å²) >= 11 is 0. The van der Waals surface area contributed by atoms with Crippen molar-refractivity contribution in [1.29, 1.82) is 0 Å². The zero-order valence-electron chi connectivity index (χ0n) is 24.4. The molecule has 0 saturated carbocycles. The molecule has 0 aliphatic heterocycles. The van der Waals surface area contributed by atoms with Gasteiger partial charge in [-0.25, -0.2) is 0 Å². The van der Waals surface area contributed by atoms with E-state index in [1.165, 1.54) is 6.26 Å². The Labute approximate surface area is 243 Å². The van der Waals surface area contributed by atoms with Gasteiger partial charge in [0, 0.05) is 19.6 Å². The first-order valence-corrected chi connectivity index (χ1v) is 14.1. The van der Waals surface area contributed by atoms with Crippen molar-refractivity contribution in [2.45, 2.75) is 19.3 Å². The number of hydrogen-bond donors (Lipinski definition) is 2. The van der Waals surface area contributed by atoms with Crippen LogP contribution in [-0.2, 0) is 57.0 Å². The Morgan fingerprint density at radius 2 is 0.829 bits per heavy atom. The SMILES string of the molecule is C=COCCOCCOCCOCCOCCOCCOCCOCCOCCOCCCNC(=O)CCC(=O)O. The third-order valence-electron chi connectivity index (χ3n) is 4.79. The summed E-state index contributed by atoms with van der Waals surface area (Å²) in [6.45, 7) is 13.2. The molecule has 0 radical (unpaired) electrons. The number of amides is 1. The fourth-order valence-corrected chi connectivity index (χ4v) is 2.76. The fourth-order valence-electron chi connectivity index (χ4n) is 2.76. The maximum absolute atomic E-state index is 11.3. The van der Waals surface area contributed by atoms with E-state index in [-0.39, 0.29) is 18.7 Å². The Hall–Kier alpha value is -1.88. The maximum Gasteiger partial charge on any atom is 0.303 e. The number of hydrogen-bond acceptors (Lipinski definition) is 12. The number of nitrogens with one attached hydrogen (secondary N) is 1. The average Bonchev–Trinajstić information content (AvgIpc) is 2.96. The zero-order valence-corrected chi connectivity index (χ0v) is 24.4. The Kier molecular flexibility index (Phi) is 32.7. The number of carbonyl (C=O) groups excluding carboxylic acids is 1. The number of carboxylic acid groups (broad SMARTS) is 1. The molecule has 0 unspecified atom stereocenters. The van der Waals surface area contributed by atoms with Gasteiger partial charge in [-0.15, -0.1) is 0 Å². The minimum atomic E-state index is -0.982. The van der Waals surface area contributed by atoms with E-state index in [0.717, 1.165) is 0 Å². The molecule has 0 saturated heterocycles. The van der Waals surface area contributed by atoms with Crippen LogP contribution in [0.2, 0.25) is 0 Å². The molecule has 242 valence electrons. The van der Waals surface area contributed by atoms with Crippen LogP contribution in [0.25, 0.3) is 0 Å². The molecule has 0 spiro atoms. The molecule has 0 aromatic carbocycles. The van der Waals surface area contributed by atoms with E-state index in [1.54, 1.807) is 0 Å². The molecule has 0 aromatic heterocycles. The molecule has 0 aliphatic rings. The summed E-state index contributed by atoms with van der Waals surface area (Å²) < 4.78 is 53.6. The molecule has 0 aliphatic carbocycles. The van der Waals surface area contributed by atoms with Gasteiger partial charge in [0.15, 0.2) is 0 Å². The zero-order chi connectivity index (χ0) is 29.9. The van der Waals surface area contributed by atoms with Gasteiger partial charge < -0.3 is 57.8 Å². The quantitative estimate of drug-likeness (QED) is 0.0776. The Bertz CT molecular complexity index is 583. The van der Waals surface area contributed by atoms with Gasteiger partial charge in [-0.2, -0.15) is 0 Å². The highest BCUT2D eigenvalue weighted by molar-refractivity contribution is 5.80. The fraction of sp³-hybridized carbons (Fsp3) is 0.852. The highest BCUT2D eigenvalue weighted by Crippen LogP contribution is 1.90. The summed E-state index contributed by atoms with van der Waals surface area (Å²) in [4.78, 5) is 21.7. The average molecular weight is 598 g/mol. The molecule has 0 fully saturated rings. The van der Waals surface area contributed by atoms with Crippen LogP contribution in [0.5, 0.6) is 0 Å². The second kappa shape index (κ2) is 34.3. The van der Waals surface area contributed by atoms with Gasteiger partial charge >= 0.3 is 5.97 Å². The number of ether oxygens (including phenoxy) is 10. The highest BCUT2D eigenvalue weighted by Gasteiger charge is 2.04.